The molecule has 0 atom stereocenters. The zero-order valence-corrected chi connectivity index (χ0v) is 8.66. The summed E-state index contributed by atoms with van der Waals surface area (Å²) in [6.45, 7) is 0.928. The number of ether oxygens (including phenoxy) is 1. The van der Waals surface area contributed by atoms with Gasteiger partial charge in [0.1, 0.15) is 6.33 Å². The Balaban J connectivity index is 2.12. The number of nitrogens with one attached hydrogen (secondary N) is 2. The molecule has 0 unspecified atom stereocenters. The van der Waals surface area contributed by atoms with Gasteiger partial charge in [0.15, 0.2) is 11.6 Å². The largest absolute Gasteiger partial charge is 0.490 e. The van der Waals surface area contributed by atoms with Gasteiger partial charge >= 0.3 is 0 Å². The van der Waals surface area contributed by atoms with E-state index in [4.69, 9.17) is 10.6 Å². The number of anilines is 2. The standard InChI is InChI=1S/C9H15N5O/c1-15-7-8(11-4-6-2-3-6)12-5-13-9(7)14-10/h5-6H,2-4,10H2,1H3,(H2,11,12,13,14). The number of hydrogen-bond donors (Lipinski definition) is 3. The fraction of sp³-hybridized carbons (Fsp3) is 0.556. The van der Waals surface area contributed by atoms with Gasteiger partial charge in [-0.15, -0.1) is 0 Å². The molecule has 0 aliphatic heterocycles. The van der Waals surface area contributed by atoms with Crippen LogP contribution in [0.1, 0.15) is 12.8 Å². The summed E-state index contributed by atoms with van der Waals surface area (Å²) in [4.78, 5) is 8.07. The summed E-state index contributed by atoms with van der Waals surface area (Å²) >= 11 is 0. The number of nitrogens with zero attached hydrogens (tertiary/aromatic N) is 2. The average molecular weight is 209 g/mol. The highest BCUT2D eigenvalue weighted by Crippen LogP contribution is 2.32. The van der Waals surface area contributed by atoms with Gasteiger partial charge in [0.05, 0.1) is 7.11 Å². The molecule has 0 saturated heterocycles. The molecule has 1 heterocycles. The van der Waals surface area contributed by atoms with Gasteiger partial charge in [0.25, 0.3) is 0 Å². The van der Waals surface area contributed by atoms with Crippen LogP contribution in [0.4, 0.5) is 11.6 Å². The van der Waals surface area contributed by atoms with Crippen LogP contribution in [-0.4, -0.2) is 23.6 Å². The lowest BCUT2D eigenvalue weighted by Gasteiger charge is -2.11. The Hall–Kier alpha value is -1.56. The minimum absolute atomic E-state index is 0.491. The van der Waals surface area contributed by atoms with Crippen molar-refractivity contribution in [3.63, 3.8) is 0 Å². The quantitative estimate of drug-likeness (QED) is 0.486. The third-order valence-electron chi connectivity index (χ3n) is 2.40. The molecular weight excluding hydrogens is 194 g/mol. The third kappa shape index (κ3) is 2.27. The zero-order valence-electron chi connectivity index (χ0n) is 8.66. The van der Waals surface area contributed by atoms with E-state index in [1.54, 1.807) is 7.11 Å². The van der Waals surface area contributed by atoms with Gasteiger partial charge in [-0.3, -0.25) is 0 Å². The minimum atomic E-state index is 0.491. The lowest BCUT2D eigenvalue weighted by Crippen LogP contribution is -2.13. The Kier molecular flexibility index (Phi) is 2.86. The summed E-state index contributed by atoms with van der Waals surface area (Å²) in [6, 6.07) is 0. The van der Waals surface area contributed by atoms with Gasteiger partial charge in [0.2, 0.25) is 5.75 Å². The van der Waals surface area contributed by atoms with Gasteiger partial charge in [-0.25, -0.2) is 15.8 Å². The first-order chi connectivity index (χ1) is 7.35. The second kappa shape index (κ2) is 4.31. The maximum absolute atomic E-state index is 5.32. The second-order valence-corrected chi connectivity index (χ2v) is 3.57. The molecule has 6 heteroatoms. The van der Waals surface area contributed by atoms with Crippen molar-refractivity contribution in [2.45, 2.75) is 12.8 Å². The predicted octanol–water partition coefficient (Wildman–Crippen LogP) is 0.593. The Labute approximate surface area is 88.2 Å². The van der Waals surface area contributed by atoms with Crippen molar-refractivity contribution in [3.05, 3.63) is 6.33 Å². The molecular formula is C9H15N5O. The van der Waals surface area contributed by atoms with E-state index in [1.165, 1.54) is 19.2 Å². The third-order valence-corrected chi connectivity index (χ3v) is 2.40. The molecule has 0 radical (unpaired) electrons. The molecule has 0 bridgehead atoms. The van der Waals surface area contributed by atoms with Gasteiger partial charge in [-0.05, 0) is 18.8 Å². The molecule has 6 nitrogen and oxygen atoms in total. The van der Waals surface area contributed by atoms with E-state index in [-0.39, 0.29) is 0 Å². The number of rotatable bonds is 5. The van der Waals surface area contributed by atoms with Gasteiger partial charge in [-0.1, -0.05) is 0 Å². The van der Waals surface area contributed by atoms with E-state index >= 15 is 0 Å². The van der Waals surface area contributed by atoms with Crippen molar-refractivity contribution >= 4 is 11.6 Å². The Morgan fingerprint density at radius 2 is 2.20 bits per heavy atom. The van der Waals surface area contributed by atoms with Crippen molar-refractivity contribution in [1.82, 2.24) is 9.97 Å². The number of aromatic nitrogens is 2. The summed E-state index contributed by atoms with van der Waals surface area (Å²) in [7, 11) is 1.57. The van der Waals surface area contributed by atoms with Gasteiger partial charge in [0, 0.05) is 6.54 Å². The maximum atomic E-state index is 5.32. The molecule has 0 amide bonds. The van der Waals surface area contributed by atoms with Crippen LogP contribution in [0.15, 0.2) is 6.33 Å². The summed E-state index contributed by atoms with van der Waals surface area (Å²) in [5.74, 6) is 7.83. The molecule has 1 aliphatic rings. The summed E-state index contributed by atoms with van der Waals surface area (Å²) in [5.41, 5.74) is 2.47. The van der Waals surface area contributed by atoms with Crippen LogP contribution in [0.25, 0.3) is 0 Å². The minimum Gasteiger partial charge on any atom is -0.490 e. The second-order valence-electron chi connectivity index (χ2n) is 3.57. The molecule has 15 heavy (non-hydrogen) atoms. The number of hydrogen-bond acceptors (Lipinski definition) is 6. The first kappa shape index (κ1) is 9.97. The van der Waals surface area contributed by atoms with Crippen molar-refractivity contribution in [1.29, 1.82) is 0 Å². The lowest BCUT2D eigenvalue weighted by atomic mass is 10.4. The fourth-order valence-electron chi connectivity index (χ4n) is 1.36. The molecule has 0 spiro atoms. The van der Waals surface area contributed by atoms with E-state index in [0.717, 1.165) is 12.5 Å². The topological polar surface area (TPSA) is 85.1 Å². The van der Waals surface area contributed by atoms with Crippen LogP contribution in [0.2, 0.25) is 0 Å². The lowest BCUT2D eigenvalue weighted by molar-refractivity contribution is 0.414. The molecule has 1 fully saturated rings. The van der Waals surface area contributed by atoms with Gasteiger partial charge < -0.3 is 15.5 Å². The number of methoxy groups -OCH3 is 1. The van der Waals surface area contributed by atoms with Gasteiger partial charge in [-0.2, -0.15) is 0 Å². The van der Waals surface area contributed by atoms with E-state index in [2.05, 4.69) is 20.7 Å². The Bertz CT molecular complexity index is 339. The normalized spacial score (nSPS) is 14.8. The molecule has 1 aromatic rings. The van der Waals surface area contributed by atoms with E-state index < -0.39 is 0 Å². The predicted molar refractivity (Wildman–Crippen MR) is 57.6 cm³/mol. The Morgan fingerprint density at radius 1 is 1.47 bits per heavy atom. The first-order valence-corrected chi connectivity index (χ1v) is 4.94. The van der Waals surface area contributed by atoms with Crippen LogP contribution in [0.5, 0.6) is 5.75 Å². The average Bonchev–Trinajstić information content (AvgIpc) is 3.09. The number of nitrogens with two attached hydrogens (primary N) is 1. The van der Waals surface area contributed by atoms with Crippen LogP contribution in [-0.2, 0) is 0 Å². The highest BCUT2D eigenvalue weighted by atomic mass is 16.5. The SMILES string of the molecule is COc1c(NN)ncnc1NCC1CC1. The zero-order chi connectivity index (χ0) is 10.7. The number of nitrogen functional groups attached to an aromatic ring is 1. The van der Waals surface area contributed by atoms with Crippen molar-refractivity contribution < 1.29 is 4.74 Å². The van der Waals surface area contributed by atoms with Crippen molar-refractivity contribution in [3.8, 4) is 5.75 Å². The molecule has 2 rings (SSSR count). The molecule has 1 saturated carbocycles. The molecule has 1 aromatic heterocycles. The Morgan fingerprint density at radius 3 is 2.80 bits per heavy atom. The van der Waals surface area contributed by atoms with E-state index in [1.807, 2.05) is 0 Å². The summed E-state index contributed by atoms with van der Waals surface area (Å²) in [5, 5.41) is 3.23. The van der Waals surface area contributed by atoms with E-state index in [9.17, 15) is 0 Å². The summed E-state index contributed by atoms with van der Waals surface area (Å²) in [6.07, 6.45) is 4.04. The van der Waals surface area contributed by atoms with Crippen molar-refractivity contribution in [2.24, 2.45) is 11.8 Å². The number of hydrazine groups is 1. The molecule has 82 valence electrons. The van der Waals surface area contributed by atoms with Crippen LogP contribution in [0, 0.1) is 5.92 Å². The van der Waals surface area contributed by atoms with E-state index in [0.29, 0.717) is 17.4 Å². The van der Waals surface area contributed by atoms with Crippen LogP contribution >= 0.6 is 0 Å². The summed E-state index contributed by atoms with van der Waals surface area (Å²) < 4.78 is 5.19. The molecule has 0 aromatic carbocycles. The monoisotopic (exact) mass is 209 g/mol. The smallest absolute Gasteiger partial charge is 0.205 e. The maximum Gasteiger partial charge on any atom is 0.205 e. The van der Waals surface area contributed by atoms with Crippen LogP contribution < -0.4 is 21.3 Å². The molecule has 4 N–H and O–H groups in total. The fourth-order valence-corrected chi connectivity index (χ4v) is 1.36. The van der Waals surface area contributed by atoms with Crippen LogP contribution in [0.3, 0.4) is 0 Å². The molecule has 1 aliphatic carbocycles. The highest BCUT2D eigenvalue weighted by Gasteiger charge is 2.22. The highest BCUT2D eigenvalue weighted by molar-refractivity contribution is 5.63. The first-order valence-electron chi connectivity index (χ1n) is 4.94. The van der Waals surface area contributed by atoms with Crippen molar-refractivity contribution in [2.75, 3.05) is 24.4 Å².